The molecule has 106 valence electrons. The van der Waals surface area contributed by atoms with Crippen LogP contribution in [0, 0.1) is 10.1 Å². The van der Waals surface area contributed by atoms with Crippen molar-refractivity contribution >= 4 is 54.6 Å². The molecular formula is C12H10Br2N2O3S. The summed E-state index contributed by atoms with van der Waals surface area (Å²) < 4.78 is 6.99. The molecule has 0 atom stereocenters. The topological polar surface area (TPSA) is 64.4 Å². The van der Waals surface area contributed by atoms with Crippen molar-refractivity contribution in [3.8, 4) is 5.75 Å². The van der Waals surface area contributed by atoms with Gasteiger partial charge in [-0.05, 0) is 50.1 Å². The average Bonchev–Trinajstić information content (AvgIpc) is 2.75. The van der Waals surface area contributed by atoms with Crippen molar-refractivity contribution in [2.24, 2.45) is 0 Å². The summed E-state index contributed by atoms with van der Waals surface area (Å²) in [7, 11) is 1.41. The lowest BCUT2D eigenvalue weighted by Crippen LogP contribution is -1.99. The molecule has 20 heavy (non-hydrogen) atoms. The van der Waals surface area contributed by atoms with Gasteiger partial charge in [0.1, 0.15) is 0 Å². The number of nitrogens with one attached hydrogen (secondary N) is 1. The summed E-state index contributed by atoms with van der Waals surface area (Å²) in [6, 6.07) is 6.81. The van der Waals surface area contributed by atoms with Crippen LogP contribution in [0.2, 0.25) is 0 Å². The van der Waals surface area contributed by atoms with Gasteiger partial charge in [0.2, 0.25) is 0 Å². The first-order chi connectivity index (χ1) is 9.51. The predicted molar refractivity (Wildman–Crippen MR) is 86.7 cm³/mol. The Morgan fingerprint density at radius 3 is 2.70 bits per heavy atom. The van der Waals surface area contributed by atoms with E-state index in [0.29, 0.717) is 12.2 Å². The van der Waals surface area contributed by atoms with Crippen LogP contribution in [-0.4, -0.2) is 12.0 Å². The summed E-state index contributed by atoms with van der Waals surface area (Å²) in [6.45, 7) is 0.596. The van der Waals surface area contributed by atoms with Crippen LogP contribution in [0.4, 0.5) is 11.4 Å². The van der Waals surface area contributed by atoms with Crippen molar-refractivity contribution in [1.29, 1.82) is 0 Å². The second-order valence-electron chi connectivity index (χ2n) is 3.83. The lowest BCUT2D eigenvalue weighted by atomic mass is 10.2. The molecule has 0 unspecified atom stereocenters. The Balaban J connectivity index is 2.13. The van der Waals surface area contributed by atoms with Gasteiger partial charge in [-0.15, -0.1) is 11.3 Å². The van der Waals surface area contributed by atoms with E-state index in [2.05, 4.69) is 37.2 Å². The zero-order chi connectivity index (χ0) is 14.7. The molecule has 0 aliphatic carbocycles. The molecule has 2 aromatic rings. The Morgan fingerprint density at radius 2 is 2.15 bits per heavy atom. The van der Waals surface area contributed by atoms with Gasteiger partial charge in [0, 0.05) is 27.6 Å². The number of nitro groups is 1. The smallest absolute Gasteiger partial charge is 0.312 e. The number of hydrogen-bond donors (Lipinski definition) is 1. The monoisotopic (exact) mass is 420 g/mol. The molecule has 0 aliphatic rings. The van der Waals surface area contributed by atoms with Gasteiger partial charge in [-0.3, -0.25) is 10.1 Å². The predicted octanol–water partition coefficient (Wildman–Crippen LogP) is 4.80. The summed E-state index contributed by atoms with van der Waals surface area (Å²) >= 11 is 8.45. The number of thiophene rings is 1. The van der Waals surface area contributed by atoms with Gasteiger partial charge in [-0.1, -0.05) is 0 Å². The highest BCUT2D eigenvalue weighted by atomic mass is 79.9. The van der Waals surface area contributed by atoms with Gasteiger partial charge in [-0.25, -0.2) is 0 Å². The number of rotatable bonds is 5. The molecule has 0 saturated heterocycles. The molecule has 8 heteroatoms. The maximum absolute atomic E-state index is 10.9. The number of benzene rings is 1. The Labute approximate surface area is 136 Å². The van der Waals surface area contributed by atoms with Crippen LogP contribution < -0.4 is 10.1 Å². The van der Waals surface area contributed by atoms with E-state index in [-0.39, 0.29) is 11.4 Å². The van der Waals surface area contributed by atoms with Crippen LogP contribution in [0.15, 0.2) is 32.5 Å². The third kappa shape index (κ3) is 3.50. The molecule has 0 bridgehead atoms. The largest absolute Gasteiger partial charge is 0.490 e. The highest BCUT2D eigenvalue weighted by Gasteiger charge is 2.15. The number of nitrogens with zero attached hydrogens (tertiary/aromatic N) is 1. The lowest BCUT2D eigenvalue weighted by Gasteiger charge is -2.07. The van der Waals surface area contributed by atoms with Crippen LogP contribution in [0.3, 0.4) is 0 Å². The second-order valence-corrected chi connectivity index (χ2v) is 7.14. The minimum atomic E-state index is -0.456. The quantitative estimate of drug-likeness (QED) is 0.556. The number of anilines is 1. The van der Waals surface area contributed by atoms with E-state index in [0.717, 1.165) is 13.1 Å². The summed E-state index contributed by atoms with van der Waals surface area (Å²) in [5.74, 6) is 0.252. The molecule has 0 amide bonds. The fraction of sp³-hybridized carbons (Fsp3) is 0.167. The number of ether oxygens (including phenoxy) is 1. The van der Waals surface area contributed by atoms with E-state index in [1.54, 1.807) is 23.5 Å². The third-order valence-electron chi connectivity index (χ3n) is 2.54. The van der Waals surface area contributed by atoms with Crippen molar-refractivity contribution in [2.45, 2.75) is 6.54 Å². The summed E-state index contributed by atoms with van der Waals surface area (Å²) in [4.78, 5) is 11.6. The average molecular weight is 422 g/mol. The molecule has 2 rings (SSSR count). The maximum Gasteiger partial charge on any atom is 0.312 e. The van der Waals surface area contributed by atoms with Gasteiger partial charge >= 0.3 is 5.69 Å². The molecule has 0 saturated carbocycles. The number of nitro benzene ring substituents is 1. The molecule has 0 radical (unpaired) electrons. The normalized spacial score (nSPS) is 10.3. The molecule has 1 N–H and O–H groups in total. The van der Waals surface area contributed by atoms with E-state index in [1.807, 2.05) is 6.07 Å². The van der Waals surface area contributed by atoms with E-state index in [4.69, 9.17) is 4.74 Å². The minimum absolute atomic E-state index is 0.0500. The van der Waals surface area contributed by atoms with Crippen molar-refractivity contribution in [3.63, 3.8) is 0 Å². The summed E-state index contributed by atoms with van der Waals surface area (Å²) in [5, 5.41) is 14.1. The first-order valence-corrected chi connectivity index (χ1v) is 7.91. The first kappa shape index (κ1) is 15.3. The zero-order valence-electron chi connectivity index (χ0n) is 10.4. The lowest BCUT2D eigenvalue weighted by molar-refractivity contribution is -0.385. The second kappa shape index (κ2) is 6.55. The van der Waals surface area contributed by atoms with Crippen LogP contribution in [-0.2, 0) is 6.54 Å². The van der Waals surface area contributed by atoms with Crippen LogP contribution in [0.1, 0.15) is 4.88 Å². The van der Waals surface area contributed by atoms with Crippen LogP contribution in [0.5, 0.6) is 5.75 Å². The molecule has 0 aliphatic heterocycles. The molecule has 0 spiro atoms. The fourth-order valence-corrected chi connectivity index (χ4v) is 3.73. The zero-order valence-corrected chi connectivity index (χ0v) is 14.3. The van der Waals surface area contributed by atoms with Crippen molar-refractivity contribution in [2.75, 3.05) is 12.4 Å². The van der Waals surface area contributed by atoms with E-state index >= 15 is 0 Å². The van der Waals surface area contributed by atoms with Gasteiger partial charge in [0.05, 0.1) is 15.8 Å². The Kier molecular flexibility index (Phi) is 5.00. The standard InChI is InChI=1S/C12H10Br2N2O3S/c1-19-11-3-2-7(4-10(11)16(17)18)15-6-8-5-9(13)12(14)20-8/h2-5,15H,6H2,1H3. The summed E-state index contributed by atoms with van der Waals surface area (Å²) in [6.07, 6.45) is 0. The SMILES string of the molecule is COc1ccc(NCc2cc(Br)c(Br)s2)cc1[N+](=O)[O-]. The van der Waals surface area contributed by atoms with Crippen LogP contribution in [0.25, 0.3) is 0 Å². The van der Waals surface area contributed by atoms with E-state index in [9.17, 15) is 10.1 Å². The highest BCUT2D eigenvalue weighted by Crippen LogP contribution is 2.33. The first-order valence-electron chi connectivity index (χ1n) is 5.51. The fourth-order valence-electron chi connectivity index (χ4n) is 1.61. The van der Waals surface area contributed by atoms with Crippen molar-refractivity contribution in [3.05, 3.63) is 47.5 Å². The van der Waals surface area contributed by atoms with Crippen LogP contribution >= 0.6 is 43.2 Å². The summed E-state index contributed by atoms with van der Waals surface area (Å²) in [5.41, 5.74) is 0.629. The molecular weight excluding hydrogens is 412 g/mol. The maximum atomic E-state index is 10.9. The molecule has 1 heterocycles. The van der Waals surface area contributed by atoms with Gasteiger partial charge in [0.15, 0.2) is 5.75 Å². The molecule has 1 aromatic carbocycles. The number of methoxy groups -OCH3 is 1. The third-order valence-corrected chi connectivity index (χ3v) is 5.79. The van der Waals surface area contributed by atoms with Gasteiger partial charge in [-0.2, -0.15) is 0 Å². The Morgan fingerprint density at radius 1 is 1.40 bits per heavy atom. The highest BCUT2D eigenvalue weighted by molar-refractivity contribution is 9.13. The van der Waals surface area contributed by atoms with Crippen molar-refractivity contribution < 1.29 is 9.66 Å². The Hall–Kier alpha value is -1.12. The van der Waals surface area contributed by atoms with E-state index in [1.165, 1.54) is 13.2 Å². The molecule has 1 aromatic heterocycles. The number of hydrogen-bond acceptors (Lipinski definition) is 5. The number of halogens is 2. The van der Waals surface area contributed by atoms with Gasteiger partial charge < -0.3 is 10.1 Å². The van der Waals surface area contributed by atoms with Gasteiger partial charge in [0.25, 0.3) is 0 Å². The molecule has 0 fully saturated rings. The minimum Gasteiger partial charge on any atom is -0.490 e. The van der Waals surface area contributed by atoms with Crippen molar-refractivity contribution in [1.82, 2.24) is 0 Å². The Bertz CT molecular complexity index is 626. The molecule has 5 nitrogen and oxygen atoms in total. The van der Waals surface area contributed by atoms with E-state index < -0.39 is 4.92 Å².